The fraction of sp³-hybridized carbons (Fsp3) is 0.412. The lowest BCUT2D eigenvalue weighted by atomic mass is 9.81. The summed E-state index contributed by atoms with van der Waals surface area (Å²) < 4.78 is 65.4. The zero-order valence-corrected chi connectivity index (χ0v) is 28.4. The third-order valence-electron chi connectivity index (χ3n) is 6.98. The maximum Gasteiger partial charge on any atom is 0.573 e. The summed E-state index contributed by atoms with van der Waals surface area (Å²) in [6.45, 7) is 13.5. The number of fused-ring (bicyclic) bond motifs is 1. The van der Waals surface area contributed by atoms with Crippen molar-refractivity contribution in [3.05, 3.63) is 84.0 Å². The second-order valence-corrected chi connectivity index (χ2v) is 13.7. The Labute approximate surface area is 271 Å². The van der Waals surface area contributed by atoms with E-state index in [-0.39, 0.29) is 23.8 Å². The molecule has 0 bridgehead atoms. The normalized spacial score (nSPS) is 18.1. The number of halogens is 3. The van der Waals surface area contributed by atoms with Gasteiger partial charge in [0, 0.05) is 23.6 Å². The van der Waals surface area contributed by atoms with Crippen LogP contribution in [-0.4, -0.2) is 53.9 Å². The summed E-state index contributed by atoms with van der Waals surface area (Å²) in [5.41, 5.74) is 0.776. The zero-order valence-electron chi connectivity index (χ0n) is 27.6. The molecule has 2 unspecified atom stereocenters. The molecule has 0 fully saturated rings. The van der Waals surface area contributed by atoms with Crippen molar-refractivity contribution in [2.75, 3.05) is 25.2 Å². The minimum Gasteiger partial charge on any atom is -0.497 e. The van der Waals surface area contributed by atoms with Gasteiger partial charge in [-0.3, -0.25) is 15.4 Å². The van der Waals surface area contributed by atoms with Gasteiger partial charge in [0.05, 0.1) is 34.1 Å². The molecule has 0 radical (unpaired) electrons. The number of nitrogens with one attached hydrogen (secondary N) is 2. The lowest BCUT2D eigenvalue weighted by Crippen LogP contribution is -2.58. The van der Waals surface area contributed by atoms with Gasteiger partial charge in [-0.25, -0.2) is 8.51 Å². The van der Waals surface area contributed by atoms with Crippen LogP contribution in [0, 0.1) is 0 Å². The maximum absolute atomic E-state index is 14.8. The van der Waals surface area contributed by atoms with E-state index in [4.69, 9.17) is 9.84 Å². The average Bonchev–Trinajstić information content (AvgIpc) is 3.21. The molecule has 1 amide bonds. The first kappa shape index (κ1) is 38.6. The molecule has 1 aliphatic heterocycles. The summed E-state index contributed by atoms with van der Waals surface area (Å²) in [5, 5.41) is 13.8. The first-order chi connectivity index (χ1) is 21.4. The van der Waals surface area contributed by atoms with E-state index >= 15 is 0 Å². The van der Waals surface area contributed by atoms with Crippen LogP contribution >= 0.6 is 0 Å². The quantitative estimate of drug-likeness (QED) is 0.137. The van der Waals surface area contributed by atoms with E-state index in [0.29, 0.717) is 24.1 Å². The molecule has 8 nitrogen and oxygen atoms in total. The maximum atomic E-state index is 14.8. The van der Waals surface area contributed by atoms with E-state index in [9.17, 15) is 22.2 Å². The van der Waals surface area contributed by atoms with Crippen LogP contribution in [0.4, 0.5) is 18.9 Å². The number of anilines is 1. The third-order valence-corrected chi connectivity index (χ3v) is 8.96. The number of carbonyl (C=O) groups is 1. The van der Waals surface area contributed by atoms with Gasteiger partial charge in [-0.05, 0) is 70.3 Å². The number of aliphatic hydroxyl groups excluding tert-OH is 1. The van der Waals surface area contributed by atoms with Crippen LogP contribution in [0.5, 0.6) is 11.5 Å². The molecule has 0 aliphatic carbocycles. The number of nitrogens with zero attached hydrogens (tertiary/aromatic N) is 1. The van der Waals surface area contributed by atoms with Crippen molar-refractivity contribution in [2.24, 2.45) is 0 Å². The number of hydrogen-bond acceptors (Lipinski definition) is 7. The van der Waals surface area contributed by atoms with Crippen LogP contribution in [0.15, 0.2) is 77.7 Å². The van der Waals surface area contributed by atoms with Crippen LogP contribution in [0.3, 0.4) is 0 Å². The minimum atomic E-state index is -5.09. The lowest BCUT2D eigenvalue weighted by Gasteiger charge is -2.38. The molecule has 2 aromatic rings. The molecule has 1 aliphatic rings. The molecule has 0 saturated carbocycles. The number of rotatable bonds is 12. The molecule has 2 aromatic carbocycles. The molecule has 254 valence electrons. The van der Waals surface area contributed by atoms with Crippen LogP contribution in [0.25, 0.3) is 0 Å². The summed E-state index contributed by atoms with van der Waals surface area (Å²) in [6.07, 6.45) is 3.60. The van der Waals surface area contributed by atoms with Crippen LogP contribution in [-0.2, 0) is 26.5 Å². The van der Waals surface area contributed by atoms with E-state index in [1.165, 1.54) is 19.2 Å². The number of amides is 1. The van der Waals surface area contributed by atoms with Crippen molar-refractivity contribution < 1.29 is 36.8 Å². The van der Waals surface area contributed by atoms with Gasteiger partial charge < -0.3 is 14.6 Å². The van der Waals surface area contributed by atoms with Crippen molar-refractivity contribution in [3.63, 3.8) is 0 Å². The van der Waals surface area contributed by atoms with E-state index in [2.05, 4.69) is 27.8 Å². The van der Waals surface area contributed by atoms with Gasteiger partial charge in [0.2, 0.25) is 0 Å². The average molecular weight is 666 g/mol. The van der Waals surface area contributed by atoms with E-state index in [0.717, 1.165) is 21.5 Å². The molecule has 0 spiro atoms. The number of hydrogen-bond donors (Lipinski definition) is 3. The van der Waals surface area contributed by atoms with Gasteiger partial charge in [-0.2, -0.15) is 0 Å². The van der Waals surface area contributed by atoms with Gasteiger partial charge in [-0.15, -0.1) is 13.2 Å². The van der Waals surface area contributed by atoms with Crippen molar-refractivity contribution in [1.29, 1.82) is 0 Å². The Bertz CT molecular complexity index is 1540. The monoisotopic (exact) mass is 665 g/mol. The van der Waals surface area contributed by atoms with Crippen molar-refractivity contribution >= 4 is 27.2 Å². The van der Waals surface area contributed by atoms with Crippen molar-refractivity contribution in [2.45, 2.75) is 76.2 Å². The summed E-state index contributed by atoms with van der Waals surface area (Å²) >= 11 is 0. The summed E-state index contributed by atoms with van der Waals surface area (Å²) in [7, 11) is -0.955. The first-order valence-electron chi connectivity index (χ1n) is 14.8. The fourth-order valence-corrected chi connectivity index (χ4v) is 6.88. The summed E-state index contributed by atoms with van der Waals surface area (Å²) in [5.74, 6) is 2.58. The number of carbonyl (C=O) groups excluding carboxylic acids is 1. The summed E-state index contributed by atoms with van der Waals surface area (Å²) in [6, 6.07) is 8.93. The molecule has 3 rings (SSSR count). The number of aryl methyl sites for hydroxylation is 1. The lowest BCUT2D eigenvalue weighted by molar-refractivity contribution is -0.275. The fourth-order valence-electron chi connectivity index (χ4n) is 5.08. The van der Waals surface area contributed by atoms with Crippen LogP contribution in [0.2, 0.25) is 0 Å². The zero-order chi connectivity index (χ0) is 34.9. The first-order valence-corrected chi connectivity index (χ1v) is 16.4. The summed E-state index contributed by atoms with van der Waals surface area (Å²) in [4.78, 5) is 14.4. The Balaban J connectivity index is 0.00000173. The highest BCUT2D eigenvalue weighted by atomic mass is 32.2. The van der Waals surface area contributed by atoms with Crippen LogP contribution in [0.1, 0.15) is 58.6 Å². The Morgan fingerprint density at radius 3 is 2.28 bits per heavy atom. The number of benzene rings is 2. The number of aliphatic hydroxyl groups is 1. The van der Waals surface area contributed by atoms with E-state index in [1.54, 1.807) is 25.3 Å². The van der Waals surface area contributed by atoms with Gasteiger partial charge >= 0.3 is 6.36 Å². The van der Waals surface area contributed by atoms with Crippen molar-refractivity contribution in [3.8, 4) is 11.5 Å². The second-order valence-electron chi connectivity index (χ2n) is 11.6. The predicted octanol–water partition coefficient (Wildman–Crippen LogP) is 6.40. The number of ether oxygens (including phenoxy) is 2. The molecule has 1 heterocycles. The molecule has 0 aromatic heterocycles. The SMILES string of the molecule is C=C/C=C\C=C(\CC)CC1(NC(C)(C)C)C(=O)N(S(=C)(=O)c2ccc(OC)cc2OC(F)(F)F)c2ccc(CC)cc21.CNCO. The molecule has 2 atom stereocenters. The second kappa shape index (κ2) is 15.8. The van der Waals surface area contributed by atoms with Crippen LogP contribution < -0.4 is 24.4 Å². The van der Waals surface area contributed by atoms with Crippen molar-refractivity contribution in [1.82, 2.24) is 10.6 Å². The highest BCUT2D eigenvalue weighted by molar-refractivity contribution is 8.02. The predicted molar refractivity (Wildman–Crippen MR) is 180 cm³/mol. The molecular formula is C34H46F3N3O5S. The Hall–Kier alpha value is -3.58. The Morgan fingerprint density at radius 1 is 1.13 bits per heavy atom. The molecule has 0 saturated heterocycles. The number of allylic oxidation sites excluding steroid dienone is 4. The van der Waals surface area contributed by atoms with Gasteiger partial charge in [-0.1, -0.05) is 62.4 Å². The van der Waals surface area contributed by atoms with E-state index in [1.807, 2.05) is 58.9 Å². The third kappa shape index (κ3) is 9.25. The van der Waals surface area contributed by atoms with Gasteiger partial charge in [0.1, 0.15) is 17.0 Å². The van der Waals surface area contributed by atoms with Gasteiger partial charge in [0.15, 0.2) is 0 Å². The molecule has 46 heavy (non-hydrogen) atoms. The van der Waals surface area contributed by atoms with Gasteiger partial charge in [0.25, 0.3) is 5.91 Å². The topological polar surface area (TPSA) is 100 Å². The number of alkyl halides is 3. The van der Waals surface area contributed by atoms with E-state index < -0.39 is 38.8 Å². The smallest absolute Gasteiger partial charge is 0.497 e. The minimum absolute atomic E-state index is 0.0583. The Morgan fingerprint density at radius 2 is 1.78 bits per heavy atom. The highest BCUT2D eigenvalue weighted by Crippen LogP contribution is 2.49. The Kier molecular flexibility index (Phi) is 13.3. The molecular weight excluding hydrogens is 619 g/mol. The largest absolute Gasteiger partial charge is 0.573 e. The number of methoxy groups -OCH3 is 1. The standard InChI is InChI=1S/C32H39F3N2O4S.C2H7NO/c1-9-12-13-14-23(11-3)21-31(36-30(4,5)6)25-19-22(10-2)15-17-26(25)37(29(31)38)42(8,39)28-18-16-24(40-7)20-27(28)41-32(33,34)35;1-3-2-4/h9,12-20,36H,1,8,10-11,21H2,2-7H3;3-4H,2H2,1H3/b13-12-,23-14-;. The highest BCUT2D eigenvalue weighted by Gasteiger charge is 2.55. The molecule has 3 N–H and O–H groups in total. The molecule has 12 heteroatoms.